The summed E-state index contributed by atoms with van der Waals surface area (Å²) < 4.78 is 15.8. The number of ether oxygens (including phenoxy) is 2. The summed E-state index contributed by atoms with van der Waals surface area (Å²) in [5.41, 5.74) is 9.35. The molecule has 2 aromatic heterocycles. The van der Waals surface area contributed by atoms with Crippen molar-refractivity contribution in [1.29, 1.82) is 0 Å². The summed E-state index contributed by atoms with van der Waals surface area (Å²) in [5.74, 6) is 1.75. The largest absolute Gasteiger partial charge is 0.871 e. The van der Waals surface area contributed by atoms with Crippen LogP contribution >= 0.6 is 0 Å². The highest BCUT2D eigenvalue weighted by molar-refractivity contribution is 5.78. The number of carbonyl (C=O) groups excluding carboxylic acids is 1. The van der Waals surface area contributed by atoms with Gasteiger partial charge >= 0.3 is 0 Å². The minimum atomic E-state index is -0.314. The van der Waals surface area contributed by atoms with Gasteiger partial charge in [-0.2, -0.15) is 0 Å². The summed E-state index contributed by atoms with van der Waals surface area (Å²) in [7, 11) is 0. The van der Waals surface area contributed by atoms with Crippen LogP contribution in [0.15, 0.2) is 30.3 Å². The van der Waals surface area contributed by atoms with Gasteiger partial charge in [0.05, 0.1) is 31.9 Å². The Kier molecular flexibility index (Phi) is 7.64. The number of pyridine rings is 1. The Morgan fingerprint density at radius 3 is 2.85 bits per heavy atom. The van der Waals surface area contributed by atoms with Crippen LogP contribution in [0.5, 0.6) is 11.5 Å². The Morgan fingerprint density at radius 1 is 1.32 bits per heavy atom. The second-order valence-electron chi connectivity index (χ2n) is 8.64. The molecule has 3 heterocycles. The predicted molar refractivity (Wildman–Crippen MR) is 125 cm³/mol. The van der Waals surface area contributed by atoms with Gasteiger partial charge in [0.2, 0.25) is 0 Å². The van der Waals surface area contributed by atoms with Crippen molar-refractivity contribution in [2.24, 2.45) is 11.7 Å². The topological polar surface area (TPSA) is 118 Å². The number of hydrogen-bond acceptors (Lipinski definition) is 6. The molecule has 0 unspecified atom stereocenters. The molecular formula is C25H33N5O4. The van der Waals surface area contributed by atoms with Crippen LogP contribution in [0.2, 0.25) is 0 Å². The average molecular weight is 468 g/mol. The smallest absolute Gasteiger partial charge is 0.271 e. The Bertz CT molecular complexity index is 1150. The van der Waals surface area contributed by atoms with Crippen LogP contribution in [0, 0.1) is 12.8 Å². The third kappa shape index (κ3) is 5.31. The molecule has 1 saturated heterocycles. The van der Waals surface area contributed by atoms with Crippen molar-refractivity contribution in [2.45, 2.75) is 52.9 Å². The molecule has 9 nitrogen and oxygen atoms in total. The van der Waals surface area contributed by atoms with Gasteiger partial charge < -0.3 is 25.6 Å². The van der Waals surface area contributed by atoms with Crippen LogP contribution < -0.4 is 25.5 Å². The third-order valence-electron chi connectivity index (χ3n) is 6.33. The number of fused-ring (bicyclic) bond motifs is 1. The lowest BCUT2D eigenvalue weighted by atomic mass is 10.0. The molecule has 3 N–H and O–H groups in total. The van der Waals surface area contributed by atoms with Crippen molar-refractivity contribution in [3.63, 3.8) is 0 Å². The second kappa shape index (κ2) is 10.8. The Hall–Kier alpha value is -3.17. The summed E-state index contributed by atoms with van der Waals surface area (Å²) in [4.78, 5) is 16.5. The first-order chi connectivity index (χ1) is 16.5. The monoisotopic (exact) mass is 467 g/mol. The van der Waals surface area contributed by atoms with E-state index in [0.717, 1.165) is 61.7 Å². The van der Waals surface area contributed by atoms with Gasteiger partial charge in [-0.05, 0) is 44.9 Å². The lowest BCUT2D eigenvalue weighted by Gasteiger charge is -2.20. The number of nitrogens with zero attached hydrogens (tertiary/aromatic N) is 3. The third-order valence-corrected chi connectivity index (χ3v) is 6.33. The Balaban J connectivity index is 1.46. The first-order valence-corrected chi connectivity index (χ1v) is 11.9. The van der Waals surface area contributed by atoms with Crippen molar-refractivity contribution in [1.82, 2.24) is 14.9 Å². The highest BCUT2D eigenvalue weighted by Crippen LogP contribution is 2.23. The average Bonchev–Trinajstić information content (AvgIpc) is 3.15. The van der Waals surface area contributed by atoms with E-state index in [1.807, 2.05) is 18.2 Å². The zero-order valence-electron chi connectivity index (χ0n) is 19.9. The van der Waals surface area contributed by atoms with E-state index in [2.05, 4.69) is 26.4 Å². The zero-order chi connectivity index (χ0) is 24.1. The molecule has 1 aliphatic rings. The lowest BCUT2D eigenvalue weighted by Crippen LogP contribution is -2.43. The van der Waals surface area contributed by atoms with Crippen LogP contribution in [0.3, 0.4) is 0 Å². The van der Waals surface area contributed by atoms with Crippen LogP contribution in [0.1, 0.15) is 37.0 Å². The number of aromatic nitrogens is 3. The maximum absolute atomic E-state index is 12.3. The molecule has 3 aromatic rings. The highest BCUT2D eigenvalue weighted by Gasteiger charge is 2.27. The van der Waals surface area contributed by atoms with Gasteiger partial charge in [0.15, 0.2) is 17.6 Å². The van der Waals surface area contributed by atoms with Crippen LogP contribution in [-0.4, -0.2) is 35.3 Å². The molecule has 1 amide bonds. The van der Waals surface area contributed by atoms with E-state index in [9.17, 15) is 9.90 Å². The molecule has 0 bridgehead atoms. The van der Waals surface area contributed by atoms with E-state index >= 15 is 0 Å². The molecule has 0 aliphatic carbocycles. The van der Waals surface area contributed by atoms with Crippen LogP contribution in [0.4, 0.5) is 0 Å². The number of hydrogen-bond donors (Lipinski definition) is 2. The molecule has 1 fully saturated rings. The predicted octanol–water partition coefficient (Wildman–Crippen LogP) is 1.31. The van der Waals surface area contributed by atoms with Gasteiger partial charge in [-0.1, -0.05) is 11.8 Å². The van der Waals surface area contributed by atoms with Gasteiger partial charge in [0.1, 0.15) is 5.75 Å². The quantitative estimate of drug-likeness (QED) is 0.458. The van der Waals surface area contributed by atoms with Crippen LogP contribution in [-0.2, 0) is 35.7 Å². The van der Waals surface area contributed by atoms with Crippen molar-refractivity contribution in [3.8, 4) is 11.5 Å². The molecule has 1 aliphatic heterocycles. The minimum absolute atomic E-state index is 0.0759. The number of nitrogens with one attached hydrogen (secondary N) is 1. The van der Waals surface area contributed by atoms with Crippen molar-refractivity contribution in [2.75, 3.05) is 19.8 Å². The highest BCUT2D eigenvalue weighted by atomic mass is 16.5. The molecule has 9 heteroatoms. The number of imidazole rings is 1. The SMILES string of the molecule is CCn1c(CN)[n+](CC2CCOCC2)c2ccc(OCC(=O)NCc3nc(C)ccc3[O-])cc21. The minimum Gasteiger partial charge on any atom is -0.871 e. The normalized spacial score (nSPS) is 14.4. The zero-order valence-corrected chi connectivity index (χ0v) is 19.9. The Morgan fingerprint density at radius 2 is 2.12 bits per heavy atom. The van der Waals surface area contributed by atoms with Gasteiger partial charge in [-0.25, -0.2) is 9.13 Å². The standard InChI is InChI=1S/C25H33N5O4/c1-3-29-22-12-19(34-16-24(32)27-14-20-23(31)7-4-17(2)28-20)5-6-21(22)30(25(29)13-26)15-18-8-10-33-11-9-18/h4-7,12,18H,3,8-11,13-16,26H2,1-2H3,(H-,27,31,32). The van der Waals surface area contributed by atoms with Gasteiger partial charge in [0.25, 0.3) is 11.7 Å². The molecule has 0 spiro atoms. The molecule has 1 aromatic carbocycles. The molecular weight excluding hydrogens is 434 g/mol. The molecule has 0 radical (unpaired) electrons. The molecule has 34 heavy (non-hydrogen) atoms. The number of rotatable bonds is 9. The van der Waals surface area contributed by atoms with E-state index in [4.69, 9.17) is 15.2 Å². The van der Waals surface area contributed by atoms with E-state index in [1.54, 1.807) is 13.0 Å². The Labute approximate surface area is 199 Å². The maximum atomic E-state index is 12.3. The second-order valence-corrected chi connectivity index (χ2v) is 8.64. The molecule has 0 saturated carbocycles. The fraction of sp³-hybridized carbons (Fsp3) is 0.480. The van der Waals surface area contributed by atoms with Crippen molar-refractivity contribution in [3.05, 3.63) is 47.5 Å². The number of carbonyl (C=O) groups is 1. The summed E-state index contributed by atoms with van der Waals surface area (Å²) in [6.45, 7) is 7.60. The summed E-state index contributed by atoms with van der Waals surface area (Å²) in [6, 6.07) is 9.00. The van der Waals surface area contributed by atoms with E-state index in [1.165, 1.54) is 6.07 Å². The maximum Gasteiger partial charge on any atom is 0.271 e. The lowest BCUT2D eigenvalue weighted by molar-refractivity contribution is -0.687. The summed E-state index contributed by atoms with van der Waals surface area (Å²) in [5, 5.41) is 14.6. The first-order valence-electron chi connectivity index (χ1n) is 11.9. The van der Waals surface area contributed by atoms with Gasteiger partial charge in [-0.15, -0.1) is 0 Å². The van der Waals surface area contributed by atoms with Gasteiger partial charge in [-0.3, -0.25) is 9.78 Å². The van der Waals surface area contributed by atoms with Crippen molar-refractivity contribution >= 4 is 16.9 Å². The number of amides is 1. The van der Waals surface area contributed by atoms with Crippen molar-refractivity contribution < 1.29 is 23.9 Å². The molecule has 182 valence electrons. The van der Waals surface area contributed by atoms with Gasteiger partial charge in [0, 0.05) is 30.9 Å². The summed E-state index contributed by atoms with van der Waals surface area (Å²) >= 11 is 0. The molecule has 4 rings (SSSR count). The van der Waals surface area contributed by atoms with E-state index in [-0.39, 0.29) is 24.8 Å². The fourth-order valence-electron chi connectivity index (χ4n) is 4.53. The van der Waals surface area contributed by atoms with E-state index in [0.29, 0.717) is 23.9 Å². The fourth-order valence-corrected chi connectivity index (χ4v) is 4.53. The summed E-state index contributed by atoms with van der Waals surface area (Å²) in [6.07, 6.45) is 2.11. The number of benzene rings is 1. The number of nitrogens with two attached hydrogens (primary N) is 1. The first kappa shape index (κ1) is 24.0. The van der Waals surface area contributed by atoms with E-state index < -0.39 is 0 Å². The molecule has 0 atom stereocenters. The van der Waals surface area contributed by atoms with Crippen LogP contribution in [0.25, 0.3) is 11.0 Å². The number of aryl methyl sites for hydroxylation is 2.